The second-order valence-corrected chi connectivity index (χ2v) is 3.95. The van der Waals surface area contributed by atoms with E-state index in [9.17, 15) is 9.18 Å². The summed E-state index contributed by atoms with van der Waals surface area (Å²) in [7, 11) is 0. The number of carbonyl (C=O) groups is 1. The molecule has 1 aromatic heterocycles. The van der Waals surface area contributed by atoms with Crippen molar-refractivity contribution in [2.24, 2.45) is 0 Å². The monoisotopic (exact) mass is 263 g/mol. The molecule has 0 aliphatic heterocycles. The summed E-state index contributed by atoms with van der Waals surface area (Å²) in [5.41, 5.74) is 0.301. The second-order valence-electron chi connectivity index (χ2n) is 3.95. The van der Waals surface area contributed by atoms with E-state index in [0.29, 0.717) is 30.8 Å². The fourth-order valence-corrected chi connectivity index (χ4v) is 1.54. The van der Waals surface area contributed by atoms with Crippen LogP contribution in [0.2, 0.25) is 0 Å². The quantitative estimate of drug-likeness (QED) is 0.895. The fourth-order valence-electron chi connectivity index (χ4n) is 1.54. The first-order chi connectivity index (χ1) is 9.20. The number of aromatic nitrogens is 2. The van der Waals surface area contributed by atoms with Gasteiger partial charge in [-0.25, -0.2) is 4.39 Å². The topological polar surface area (TPSA) is 68.0 Å². The van der Waals surface area contributed by atoms with Crippen molar-refractivity contribution >= 4 is 5.91 Å². The van der Waals surface area contributed by atoms with Gasteiger partial charge in [-0.1, -0.05) is 24.2 Å². The highest BCUT2D eigenvalue weighted by molar-refractivity contribution is 5.75. The van der Waals surface area contributed by atoms with Crippen LogP contribution in [0.1, 0.15) is 19.2 Å². The fraction of sp³-hybridized carbons (Fsp3) is 0.308. The summed E-state index contributed by atoms with van der Waals surface area (Å²) in [6.07, 6.45) is 0.859. The molecule has 1 heterocycles. The number of benzene rings is 1. The largest absolute Gasteiger partial charge is 0.356 e. The van der Waals surface area contributed by atoms with Crippen LogP contribution in [-0.2, 0) is 11.2 Å². The zero-order chi connectivity index (χ0) is 13.7. The molecule has 0 aliphatic rings. The zero-order valence-corrected chi connectivity index (χ0v) is 10.5. The molecule has 0 unspecified atom stereocenters. The predicted octanol–water partition coefficient (Wildman–Crippen LogP) is 1.94. The Morgan fingerprint density at radius 2 is 2.21 bits per heavy atom. The van der Waals surface area contributed by atoms with E-state index in [1.54, 1.807) is 25.1 Å². The van der Waals surface area contributed by atoms with E-state index in [1.807, 2.05) is 0 Å². The molecule has 0 saturated carbocycles. The minimum atomic E-state index is -0.394. The number of hydrogen-bond acceptors (Lipinski definition) is 4. The molecule has 0 atom stereocenters. The number of rotatable bonds is 5. The Labute approximate surface area is 109 Å². The molecule has 2 aromatic rings. The second kappa shape index (κ2) is 6.08. The summed E-state index contributed by atoms with van der Waals surface area (Å²) >= 11 is 0. The smallest absolute Gasteiger partial charge is 0.228 e. The third-order valence-electron chi connectivity index (χ3n) is 2.56. The summed E-state index contributed by atoms with van der Waals surface area (Å²) in [6, 6.07) is 6.23. The van der Waals surface area contributed by atoms with Crippen LogP contribution >= 0.6 is 0 Å². The number of hydrogen-bond donors (Lipinski definition) is 1. The minimum absolute atomic E-state index is 0.0335. The van der Waals surface area contributed by atoms with Gasteiger partial charge in [0.15, 0.2) is 0 Å². The van der Waals surface area contributed by atoms with Crippen molar-refractivity contribution in [3.8, 4) is 11.4 Å². The number of halogens is 1. The van der Waals surface area contributed by atoms with Crippen LogP contribution in [-0.4, -0.2) is 22.6 Å². The van der Waals surface area contributed by atoms with E-state index >= 15 is 0 Å². The van der Waals surface area contributed by atoms with Gasteiger partial charge in [-0.15, -0.1) is 0 Å². The van der Waals surface area contributed by atoms with E-state index in [2.05, 4.69) is 15.5 Å². The van der Waals surface area contributed by atoms with Crippen molar-refractivity contribution in [2.45, 2.75) is 19.8 Å². The van der Waals surface area contributed by atoms with Crippen molar-refractivity contribution < 1.29 is 13.7 Å². The van der Waals surface area contributed by atoms with Gasteiger partial charge in [0, 0.05) is 19.4 Å². The first-order valence-corrected chi connectivity index (χ1v) is 6.05. The number of carbonyl (C=O) groups excluding carboxylic acids is 1. The maximum absolute atomic E-state index is 13.5. The Kier molecular flexibility index (Phi) is 4.22. The number of amides is 1. The molecule has 0 saturated heterocycles. The molecule has 2 rings (SSSR count). The van der Waals surface area contributed by atoms with E-state index in [0.717, 1.165) is 0 Å². The average Bonchev–Trinajstić information content (AvgIpc) is 2.87. The molecular formula is C13H14FN3O2. The van der Waals surface area contributed by atoms with Crippen molar-refractivity contribution in [2.75, 3.05) is 6.54 Å². The molecule has 0 aliphatic carbocycles. The number of nitrogens with one attached hydrogen (secondary N) is 1. The zero-order valence-electron chi connectivity index (χ0n) is 10.5. The molecule has 1 amide bonds. The van der Waals surface area contributed by atoms with Crippen molar-refractivity contribution in [1.29, 1.82) is 0 Å². The normalized spacial score (nSPS) is 10.4. The molecule has 1 N–H and O–H groups in total. The molecule has 6 heteroatoms. The van der Waals surface area contributed by atoms with E-state index < -0.39 is 5.82 Å². The Bertz CT molecular complexity index is 569. The molecule has 0 spiro atoms. The van der Waals surface area contributed by atoms with Crippen LogP contribution in [0, 0.1) is 5.82 Å². The van der Waals surface area contributed by atoms with Crippen molar-refractivity contribution in [3.05, 3.63) is 36.0 Å². The maximum atomic E-state index is 13.5. The molecule has 5 nitrogen and oxygen atoms in total. The van der Waals surface area contributed by atoms with Crippen LogP contribution in [0.25, 0.3) is 11.4 Å². The summed E-state index contributed by atoms with van der Waals surface area (Å²) in [4.78, 5) is 15.1. The van der Waals surface area contributed by atoms with Gasteiger partial charge in [-0.2, -0.15) is 4.98 Å². The Hall–Kier alpha value is -2.24. The summed E-state index contributed by atoms with van der Waals surface area (Å²) < 4.78 is 18.5. The van der Waals surface area contributed by atoms with Crippen LogP contribution in [0.5, 0.6) is 0 Å². The standard InChI is InChI=1S/C13H14FN3O2/c1-2-11(18)15-8-7-12-16-13(17-19-12)9-5-3-4-6-10(9)14/h3-6H,2,7-8H2,1H3,(H,15,18). The van der Waals surface area contributed by atoms with Crippen molar-refractivity contribution in [1.82, 2.24) is 15.5 Å². The lowest BCUT2D eigenvalue weighted by molar-refractivity contribution is -0.120. The Morgan fingerprint density at radius 3 is 2.95 bits per heavy atom. The van der Waals surface area contributed by atoms with Crippen LogP contribution in [0.15, 0.2) is 28.8 Å². The highest BCUT2D eigenvalue weighted by Crippen LogP contribution is 2.19. The third kappa shape index (κ3) is 3.37. The first kappa shape index (κ1) is 13.2. The minimum Gasteiger partial charge on any atom is -0.356 e. The summed E-state index contributed by atoms with van der Waals surface area (Å²) in [6.45, 7) is 2.20. The van der Waals surface area contributed by atoms with Gasteiger partial charge in [0.25, 0.3) is 0 Å². The molecule has 0 radical (unpaired) electrons. The van der Waals surface area contributed by atoms with Crippen LogP contribution in [0.4, 0.5) is 4.39 Å². The molecule has 0 fully saturated rings. The van der Waals surface area contributed by atoms with Gasteiger partial charge in [0.05, 0.1) is 5.56 Å². The number of nitrogens with zero attached hydrogens (tertiary/aromatic N) is 2. The van der Waals surface area contributed by atoms with E-state index in [4.69, 9.17) is 4.52 Å². The molecular weight excluding hydrogens is 249 g/mol. The maximum Gasteiger partial charge on any atom is 0.228 e. The van der Waals surface area contributed by atoms with Gasteiger partial charge in [-0.05, 0) is 12.1 Å². The SMILES string of the molecule is CCC(=O)NCCc1nc(-c2ccccc2F)no1. The van der Waals surface area contributed by atoms with Gasteiger partial charge >= 0.3 is 0 Å². The summed E-state index contributed by atoms with van der Waals surface area (Å²) in [5, 5.41) is 6.43. The highest BCUT2D eigenvalue weighted by Gasteiger charge is 2.12. The Balaban J connectivity index is 2.00. The molecule has 19 heavy (non-hydrogen) atoms. The van der Waals surface area contributed by atoms with Crippen LogP contribution in [0.3, 0.4) is 0 Å². The first-order valence-electron chi connectivity index (χ1n) is 6.05. The predicted molar refractivity (Wildman–Crippen MR) is 66.7 cm³/mol. The lowest BCUT2D eigenvalue weighted by atomic mass is 10.2. The van der Waals surface area contributed by atoms with E-state index in [-0.39, 0.29) is 11.7 Å². The van der Waals surface area contributed by atoms with Gasteiger partial charge < -0.3 is 9.84 Å². The molecule has 1 aromatic carbocycles. The third-order valence-corrected chi connectivity index (χ3v) is 2.56. The Morgan fingerprint density at radius 1 is 1.42 bits per heavy atom. The van der Waals surface area contributed by atoms with E-state index in [1.165, 1.54) is 6.07 Å². The van der Waals surface area contributed by atoms with Gasteiger partial charge in [0.1, 0.15) is 5.82 Å². The van der Waals surface area contributed by atoms with Gasteiger partial charge in [0.2, 0.25) is 17.6 Å². The van der Waals surface area contributed by atoms with Crippen LogP contribution < -0.4 is 5.32 Å². The van der Waals surface area contributed by atoms with Crippen molar-refractivity contribution in [3.63, 3.8) is 0 Å². The summed E-state index contributed by atoms with van der Waals surface area (Å²) in [5.74, 6) is 0.160. The highest BCUT2D eigenvalue weighted by atomic mass is 19.1. The molecule has 100 valence electrons. The lowest BCUT2D eigenvalue weighted by Gasteiger charge is -1.99. The van der Waals surface area contributed by atoms with Gasteiger partial charge in [-0.3, -0.25) is 4.79 Å². The average molecular weight is 263 g/mol. The molecule has 0 bridgehead atoms. The lowest BCUT2D eigenvalue weighted by Crippen LogP contribution is -2.24.